The van der Waals surface area contributed by atoms with Crippen molar-refractivity contribution in [2.75, 3.05) is 39.6 Å². The molecule has 0 radical (unpaired) electrons. The molecule has 5 unspecified atom stereocenters. The van der Waals surface area contributed by atoms with E-state index in [9.17, 15) is 43.2 Å². The van der Waals surface area contributed by atoms with Crippen molar-refractivity contribution in [3.05, 3.63) is 0 Å². The first kappa shape index (κ1) is 107. The highest BCUT2D eigenvalue weighted by molar-refractivity contribution is 7.47. The van der Waals surface area contributed by atoms with E-state index >= 15 is 0 Å². The highest BCUT2D eigenvalue weighted by atomic mass is 31.2. The van der Waals surface area contributed by atoms with Gasteiger partial charge in [0.05, 0.1) is 26.4 Å². The van der Waals surface area contributed by atoms with Gasteiger partial charge in [0.15, 0.2) is 12.2 Å². The zero-order valence-electron chi connectivity index (χ0n) is 72.2. The van der Waals surface area contributed by atoms with Crippen molar-refractivity contribution < 1.29 is 80.2 Å². The van der Waals surface area contributed by atoms with Crippen molar-refractivity contribution >= 4 is 39.5 Å². The summed E-state index contributed by atoms with van der Waals surface area (Å²) in [6, 6.07) is 0. The number of rotatable bonds is 87. The molecule has 0 heterocycles. The fraction of sp³-hybridized carbons (Fsp3) is 0.956. The van der Waals surface area contributed by atoms with Crippen LogP contribution in [0.25, 0.3) is 0 Å². The maximum Gasteiger partial charge on any atom is 0.472 e. The minimum absolute atomic E-state index is 0.107. The molecule has 0 aliphatic rings. The average Bonchev–Trinajstić information content (AvgIpc) is 0.909. The second-order valence-corrected chi connectivity index (χ2v) is 36.7. The van der Waals surface area contributed by atoms with E-state index in [1.165, 1.54) is 270 Å². The Morgan fingerprint density at radius 3 is 0.651 bits per heavy atom. The topological polar surface area (TPSA) is 237 Å². The molecule has 0 saturated heterocycles. The summed E-state index contributed by atoms with van der Waals surface area (Å²) >= 11 is 0. The van der Waals surface area contributed by atoms with E-state index in [1.54, 1.807) is 0 Å². The molecule has 0 fully saturated rings. The number of carbonyl (C=O) groups is 4. The SMILES string of the molecule is CCC(C)CCCCCCCCCCCCCCCCCCCCC(=O)O[C@H](COC(=O)CCCCCCCCCC(C)C)COP(=O)(O)OCC(O)COP(=O)(O)OC[C@@H](COC(=O)CCCCCCCCCCCCCCCCC(C)CC)OC(=O)CCCCCCCCCCCCCCCCCCC(C)C. The van der Waals surface area contributed by atoms with Gasteiger partial charge in [0.2, 0.25) is 0 Å². The van der Waals surface area contributed by atoms with Crippen LogP contribution in [-0.2, 0) is 65.4 Å². The highest BCUT2D eigenvalue weighted by Crippen LogP contribution is 2.45. The zero-order valence-corrected chi connectivity index (χ0v) is 74.0. The molecule has 0 aromatic heterocycles. The smallest absolute Gasteiger partial charge is 0.462 e. The zero-order chi connectivity index (χ0) is 80.2. The minimum atomic E-state index is -4.97. The van der Waals surface area contributed by atoms with Gasteiger partial charge < -0.3 is 33.8 Å². The molecule has 0 aliphatic carbocycles. The van der Waals surface area contributed by atoms with Gasteiger partial charge in [-0.3, -0.25) is 37.3 Å². The molecule has 19 heteroatoms. The maximum absolute atomic E-state index is 13.2. The molecule has 0 spiro atoms. The van der Waals surface area contributed by atoms with Crippen molar-refractivity contribution in [3.8, 4) is 0 Å². The Bertz CT molecular complexity index is 2110. The number of ether oxygens (including phenoxy) is 4. The van der Waals surface area contributed by atoms with Crippen LogP contribution in [0.3, 0.4) is 0 Å². The number of aliphatic hydroxyl groups is 1. The fourth-order valence-corrected chi connectivity index (χ4v) is 15.5. The molecule has 3 N–H and O–H groups in total. The van der Waals surface area contributed by atoms with Crippen LogP contribution in [0.2, 0.25) is 0 Å². The molecule has 0 aliphatic heterocycles. The maximum atomic E-state index is 13.2. The Morgan fingerprint density at radius 2 is 0.440 bits per heavy atom. The summed E-state index contributed by atoms with van der Waals surface area (Å²) in [5, 5.41) is 10.7. The van der Waals surface area contributed by atoms with E-state index in [1.807, 2.05) is 0 Å². The van der Waals surface area contributed by atoms with Crippen LogP contribution in [0.15, 0.2) is 0 Å². The fourth-order valence-electron chi connectivity index (χ4n) is 14.0. The Kier molecular flexibility index (Phi) is 77.2. The number of carbonyl (C=O) groups excluding carboxylic acids is 4. The van der Waals surface area contributed by atoms with Gasteiger partial charge in [-0.15, -0.1) is 0 Å². The monoisotopic (exact) mass is 1590 g/mol. The van der Waals surface area contributed by atoms with Crippen LogP contribution in [0, 0.1) is 23.7 Å². The first-order chi connectivity index (χ1) is 52.7. The summed E-state index contributed by atoms with van der Waals surface area (Å²) in [7, 11) is -9.94. The number of hydrogen-bond acceptors (Lipinski definition) is 15. The van der Waals surface area contributed by atoms with Crippen LogP contribution in [0.5, 0.6) is 0 Å². The number of unbranched alkanes of at least 4 members (excludes halogenated alkanes) is 51. The van der Waals surface area contributed by atoms with Gasteiger partial charge in [-0.05, 0) is 49.4 Å². The Balaban J connectivity index is 5.21. The lowest BCUT2D eigenvalue weighted by molar-refractivity contribution is -0.161. The molecule has 648 valence electrons. The third-order valence-corrected chi connectivity index (χ3v) is 23.7. The lowest BCUT2D eigenvalue weighted by Gasteiger charge is -2.21. The number of aliphatic hydroxyl groups excluding tert-OH is 1. The van der Waals surface area contributed by atoms with Crippen molar-refractivity contribution in [1.29, 1.82) is 0 Å². The van der Waals surface area contributed by atoms with Gasteiger partial charge in [-0.2, -0.15) is 0 Å². The van der Waals surface area contributed by atoms with Crippen LogP contribution in [-0.4, -0.2) is 96.7 Å². The van der Waals surface area contributed by atoms with Gasteiger partial charge in [-0.25, -0.2) is 9.13 Å². The lowest BCUT2D eigenvalue weighted by Crippen LogP contribution is -2.30. The molecule has 7 atom stereocenters. The van der Waals surface area contributed by atoms with Crippen molar-refractivity contribution in [1.82, 2.24) is 0 Å². The number of hydrogen-bond donors (Lipinski definition) is 3. The lowest BCUT2D eigenvalue weighted by atomic mass is 9.99. The van der Waals surface area contributed by atoms with Crippen molar-refractivity contribution in [3.63, 3.8) is 0 Å². The summed E-state index contributed by atoms with van der Waals surface area (Å²) in [6.07, 6.45) is 69.5. The number of esters is 4. The van der Waals surface area contributed by atoms with E-state index < -0.39 is 97.5 Å². The first-order valence-corrected chi connectivity index (χ1v) is 49.3. The number of phosphoric ester groups is 2. The van der Waals surface area contributed by atoms with Gasteiger partial charge in [0, 0.05) is 25.7 Å². The summed E-state index contributed by atoms with van der Waals surface area (Å²) < 4.78 is 69.0. The van der Waals surface area contributed by atoms with Crippen molar-refractivity contribution in [2.45, 2.75) is 491 Å². The van der Waals surface area contributed by atoms with Gasteiger partial charge in [0.25, 0.3) is 0 Å². The predicted molar refractivity (Wildman–Crippen MR) is 451 cm³/mol. The van der Waals surface area contributed by atoms with Gasteiger partial charge in [0.1, 0.15) is 19.3 Å². The molecular weight excluding hydrogens is 1410 g/mol. The summed E-state index contributed by atoms with van der Waals surface area (Å²) in [4.78, 5) is 73.3. The predicted octanol–water partition coefficient (Wildman–Crippen LogP) is 27.5. The van der Waals surface area contributed by atoms with Crippen LogP contribution in [0.4, 0.5) is 0 Å². The molecule has 0 aromatic carbocycles. The molecule has 0 bridgehead atoms. The quantitative estimate of drug-likeness (QED) is 0.0222. The van der Waals surface area contributed by atoms with E-state index in [-0.39, 0.29) is 25.7 Å². The van der Waals surface area contributed by atoms with Crippen LogP contribution < -0.4 is 0 Å². The van der Waals surface area contributed by atoms with E-state index in [0.717, 1.165) is 114 Å². The molecule has 0 amide bonds. The van der Waals surface area contributed by atoms with Crippen LogP contribution >= 0.6 is 15.6 Å². The average molecular weight is 1590 g/mol. The molecule has 0 aromatic rings. The molecular formula is C90H176O17P2. The Labute approximate surface area is 670 Å². The third-order valence-electron chi connectivity index (χ3n) is 21.8. The van der Waals surface area contributed by atoms with E-state index in [4.69, 9.17) is 37.0 Å². The van der Waals surface area contributed by atoms with E-state index in [2.05, 4.69) is 55.4 Å². The molecule has 0 saturated carbocycles. The van der Waals surface area contributed by atoms with Gasteiger partial charge in [-0.1, -0.05) is 421 Å². The minimum Gasteiger partial charge on any atom is -0.462 e. The Morgan fingerprint density at radius 1 is 0.257 bits per heavy atom. The second kappa shape index (κ2) is 78.6. The summed E-state index contributed by atoms with van der Waals surface area (Å²) in [6.45, 7) is 14.4. The van der Waals surface area contributed by atoms with Gasteiger partial charge >= 0.3 is 39.5 Å². The Hall–Kier alpha value is -1.94. The standard InChI is InChI=1S/C90H176O17P2/c1-9-82(7)68-60-52-44-36-30-24-18-13-11-12-14-19-27-33-39-47-56-64-73-90(95)107-86(77-101-88(93)71-63-55-49-41-43-51-59-67-81(5)6)79-105-109(98,99)103-75-84(91)74-102-108(96,97)104-78-85(76-100-87(92)70-62-54-46-38-32-26-22-21-25-31-37-45-53-61-69-83(8)10-2)106-89(94)72-65-57-48-40-34-28-20-16-15-17-23-29-35-42-50-58-66-80(3)4/h80-86,91H,9-79H2,1-8H3,(H,96,97)(H,98,99)/t82?,83?,84?,85-,86-/m1/s1. The van der Waals surface area contributed by atoms with Crippen LogP contribution in [0.1, 0.15) is 473 Å². The number of phosphoric acid groups is 2. The highest BCUT2D eigenvalue weighted by Gasteiger charge is 2.31. The summed E-state index contributed by atoms with van der Waals surface area (Å²) in [5.41, 5.74) is 0. The molecule has 109 heavy (non-hydrogen) atoms. The molecule has 17 nitrogen and oxygen atoms in total. The first-order valence-electron chi connectivity index (χ1n) is 46.3. The van der Waals surface area contributed by atoms with Crippen molar-refractivity contribution in [2.24, 2.45) is 23.7 Å². The summed E-state index contributed by atoms with van der Waals surface area (Å²) in [5.74, 6) is 1.13. The normalized spacial score (nSPS) is 14.4. The van der Waals surface area contributed by atoms with E-state index in [0.29, 0.717) is 31.6 Å². The molecule has 0 rings (SSSR count). The largest absolute Gasteiger partial charge is 0.472 e. The second-order valence-electron chi connectivity index (χ2n) is 33.8. The third kappa shape index (κ3) is 81.0.